The highest BCUT2D eigenvalue weighted by molar-refractivity contribution is 5.72. The molecule has 0 radical (unpaired) electrons. The zero-order valence-corrected chi connectivity index (χ0v) is 10.8. The molecule has 0 amide bonds. The second-order valence-corrected chi connectivity index (χ2v) is 5.92. The Morgan fingerprint density at radius 3 is 3.00 bits per heavy atom. The monoisotopic (exact) mass is 234 g/mol. The van der Waals surface area contributed by atoms with Crippen LogP contribution in [-0.2, 0) is 4.79 Å². The van der Waals surface area contributed by atoms with E-state index in [1.807, 2.05) is 0 Å². The molecule has 2 heteroatoms. The van der Waals surface area contributed by atoms with Gasteiger partial charge in [0.15, 0.2) is 0 Å². The molecule has 4 atom stereocenters. The summed E-state index contributed by atoms with van der Waals surface area (Å²) >= 11 is 0. The lowest BCUT2D eigenvalue weighted by Crippen LogP contribution is -2.46. The van der Waals surface area contributed by atoms with Gasteiger partial charge in [-0.25, -0.2) is 0 Å². The lowest BCUT2D eigenvalue weighted by molar-refractivity contribution is -0.105. The van der Waals surface area contributed by atoms with E-state index in [9.17, 15) is 9.90 Å². The second kappa shape index (κ2) is 4.41. The van der Waals surface area contributed by atoms with Gasteiger partial charge in [-0.2, -0.15) is 0 Å². The Morgan fingerprint density at radius 2 is 2.35 bits per heavy atom. The smallest absolute Gasteiger partial charge is 0.145 e. The van der Waals surface area contributed by atoms with Gasteiger partial charge in [0.05, 0.1) is 6.10 Å². The third kappa shape index (κ3) is 1.99. The van der Waals surface area contributed by atoms with Gasteiger partial charge >= 0.3 is 0 Å². The Balaban J connectivity index is 2.23. The molecule has 94 valence electrons. The fourth-order valence-electron chi connectivity index (χ4n) is 3.58. The number of carbonyl (C=O) groups excluding carboxylic acids is 1. The molecule has 2 nitrogen and oxygen atoms in total. The lowest BCUT2D eigenvalue weighted by atomic mass is 9.56. The van der Waals surface area contributed by atoms with Gasteiger partial charge in [-0.3, -0.25) is 4.79 Å². The normalized spacial score (nSPS) is 41.4. The first-order chi connectivity index (χ1) is 7.99. The molecule has 0 heterocycles. The van der Waals surface area contributed by atoms with Crippen molar-refractivity contribution < 1.29 is 9.90 Å². The maximum Gasteiger partial charge on any atom is 0.145 e. The van der Waals surface area contributed by atoms with Gasteiger partial charge in [-0.05, 0) is 50.0 Å². The summed E-state index contributed by atoms with van der Waals surface area (Å²) in [5, 5.41) is 10.2. The van der Waals surface area contributed by atoms with E-state index in [-0.39, 0.29) is 11.5 Å². The summed E-state index contributed by atoms with van der Waals surface area (Å²) in [6.07, 6.45) is 6.53. The molecular formula is C15H22O2. The Kier molecular flexibility index (Phi) is 3.26. The molecule has 2 aliphatic carbocycles. The summed E-state index contributed by atoms with van der Waals surface area (Å²) in [5.74, 6) is 0.709. The zero-order valence-electron chi connectivity index (χ0n) is 10.8. The summed E-state index contributed by atoms with van der Waals surface area (Å²) in [7, 11) is 0. The first-order valence-corrected chi connectivity index (χ1v) is 6.47. The topological polar surface area (TPSA) is 37.3 Å². The van der Waals surface area contributed by atoms with Crippen LogP contribution < -0.4 is 0 Å². The summed E-state index contributed by atoms with van der Waals surface area (Å²) in [5.41, 5.74) is 2.10. The molecule has 17 heavy (non-hydrogen) atoms. The van der Waals surface area contributed by atoms with Crippen LogP contribution in [0, 0.1) is 17.3 Å². The van der Waals surface area contributed by atoms with Gasteiger partial charge < -0.3 is 5.11 Å². The predicted molar refractivity (Wildman–Crippen MR) is 68.5 cm³/mol. The first kappa shape index (κ1) is 12.6. The number of hydrogen-bond donors (Lipinski definition) is 1. The van der Waals surface area contributed by atoms with Crippen LogP contribution >= 0.6 is 0 Å². The van der Waals surface area contributed by atoms with Crippen molar-refractivity contribution in [2.24, 2.45) is 17.3 Å². The molecule has 0 aliphatic heterocycles. The third-order valence-corrected chi connectivity index (χ3v) is 5.00. The summed E-state index contributed by atoms with van der Waals surface area (Å²) in [6.45, 7) is 8.20. The van der Waals surface area contributed by atoms with Crippen LogP contribution in [0.5, 0.6) is 0 Å². The van der Waals surface area contributed by atoms with Crippen molar-refractivity contribution in [2.45, 2.75) is 45.6 Å². The van der Waals surface area contributed by atoms with Crippen LogP contribution in [0.3, 0.4) is 0 Å². The average molecular weight is 234 g/mol. The highest BCUT2D eigenvalue weighted by atomic mass is 16.3. The summed E-state index contributed by atoms with van der Waals surface area (Å²) < 4.78 is 0. The minimum absolute atomic E-state index is 0.00149. The van der Waals surface area contributed by atoms with Crippen molar-refractivity contribution in [1.82, 2.24) is 0 Å². The van der Waals surface area contributed by atoms with Gasteiger partial charge in [-0.15, -0.1) is 0 Å². The molecular weight excluding hydrogens is 212 g/mol. The third-order valence-electron chi connectivity index (χ3n) is 5.00. The van der Waals surface area contributed by atoms with Crippen LogP contribution in [0.15, 0.2) is 23.8 Å². The van der Waals surface area contributed by atoms with Gasteiger partial charge in [0.1, 0.15) is 6.29 Å². The minimum Gasteiger partial charge on any atom is -0.392 e. The second-order valence-electron chi connectivity index (χ2n) is 5.92. The largest absolute Gasteiger partial charge is 0.392 e. The van der Waals surface area contributed by atoms with Crippen LogP contribution in [0.4, 0.5) is 0 Å². The standard InChI is InChI=1S/C15H22O2/c1-10-4-5-14(17)15(3)7-6-12(8-13(10)15)11(2)9-16/h4,9,12-14,17H,2,5-8H2,1,3H3. The van der Waals surface area contributed by atoms with Crippen LogP contribution in [0.25, 0.3) is 0 Å². The zero-order chi connectivity index (χ0) is 12.6. The van der Waals surface area contributed by atoms with Crippen molar-refractivity contribution in [3.8, 4) is 0 Å². The van der Waals surface area contributed by atoms with E-state index in [1.54, 1.807) is 0 Å². The van der Waals surface area contributed by atoms with Gasteiger partial charge in [-0.1, -0.05) is 25.2 Å². The highest BCUT2D eigenvalue weighted by Crippen LogP contribution is 2.52. The lowest BCUT2D eigenvalue weighted by Gasteiger charge is -2.50. The SMILES string of the molecule is C=C(C=O)C1CCC2(C)C(O)CC=C(C)C2C1. The van der Waals surface area contributed by atoms with Crippen molar-refractivity contribution >= 4 is 6.29 Å². The fraction of sp³-hybridized carbons (Fsp3) is 0.667. The van der Waals surface area contributed by atoms with Crippen molar-refractivity contribution in [1.29, 1.82) is 0 Å². The quantitative estimate of drug-likeness (QED) is 0.453. The highest BCUT2D eigenvalue weighted by Gasteiger charge is 2.47. The molecule has 0 bridgehead atoms. The summed E-state index contributed by atoms with van der Waals surface area (Å²) in [4.78, 5) is 10.8. The number of rotatable bonds is 2. The molecule has 1 N–H and O–H groups in total. The van der Waals surface area contributed by atoms with E-state index in [1.165, 1.54) is 5.57 Å². The van der Waals surface area contributed by atoms with Gasteiger partial charge in [0.25, 0.3) is 0 Å². The van der Waals surface area contributed by atoms with Crippen molar-refractivity contribution in [2.75, 3.05) is 0 Å². The van der Waals surface area contributed by atoms with Crippen LogP contribution in [-0.4, -0.2) is 17.5 Å². The minimum atomic E-state index is -0.235. The van der Waals surface area contributed by atoms with E-state index in [0.717, 1.165) is 37.5 Å². The number of hydrogen-bond acceptors (Lipinski definition) is 2. The number of allylic oxidation sites excluding steroid dienone is 2. The maximum absolute atomic E-state index is 10.8. The first-order valence-electron chi connectivity index (χ1n) is 6.47. The number of aliphatic hydroxyl groups excluding tert-OH is 1. The Bertz CT molecular complexity index is 369. The summed E-state index contributed by atoms with van der Waals surface area (Å²) in [6, 6.07) is 0. The van der Waals surface area contributed by atoms with E-state index < -0.39 is 0 Å². The molecule has 2 aliphatic rings. The fourth-order valence-corrected chi connectivity index (χ4v) is 3.58. The van der Waals surface area contributed by atoms with E-state index >= 15 is 0 Å². The molecule has 2 rings (SSSR count). The predicted octanol–water partition coefficient (Wildman–Crippen LogP) is 2.88. The molecule has 0 aromatic rings. The van der Waals surface area contributed by atoms with Gasteiger partial charge in [0.2, 0.25) is 0 Å². The van der Waals surface area contributed by atoms with E-state index in [2.05, 4.69) is 26.5 Å². The molecule has 0 saturated heterocycles. The number of aliphatic hydroxyl groups is 1. The Morgan fingerprint density at radius 1 is 1.65 bits per heavy atom. The average Bonchev–Trinajstić information content (AvgIpc) is 2.33. The van der Waals surface area contributed by atoms with Crippen LogP contribution in [0.1, 0.15) is 39.5 Å². The van der Waals surface area contributed by atoms with Crippen molar-refractivity contribution in [3.05, 3.63) is 23.8 Å². The molecule has 0 aromatic carbocycles. The Labute approximate surface area is 103 Å². The molecule has 0 aromatic heterocycles. The Hall–Kier alpha value is -0.890. The van der Waals surface area contributed by atoms with E-state index in [4.69, 9.17) is 0 Å². The molecule has 4 unspecified atom stereocenters. The molecule has 1 fully saturated rings. The molecule has 0 spiro atoms. The molecule has 1 saturated carbocycles. The maximum atomic E-state index is 10.8. The van der Waals surface area contributed by atoms with Crippen LogP contribution in [0.2, 0.25) is 0 Å². The van der Waals surface area contributed by atoms with Crippen molar-refractivity contribution in [3.63, 3.8) is 0 Å². The number of fused-ring (bicyclic) bond motifs is 1. The number of aldehydes is 1. The van der Waals surface area contributed by atoms with Gasteiger partial charge in [0, 0.05) is 5.41 Å². The van der Waals surface area contributed by atoms with E-state index in [0.29, 0.717) is 11.8 Å². The number of carbonyl (C=O) groups is 1.